The van der Waals surface area contributed by atoms with Gasteiger partial charge >= 0.3 is 11.8 Å². The first-order valence-electron chi connectivity index (χ1n) is 6.12. The van der Waals surface area contributed by atoms with E-state index in [0.29, 0.717) is 25.5 Å². The molecule has 19 heavy (non-hydrogen) atoms. The smallest absolute Gasteiger partial charge is 0.312 e. The van der Waals surface area contributed by atoms with Gasteiger partial charge in [-0.05, 0) is 13.8 Å². The summed E-state index contributed by atoms with van der Waals surface area (Å²) in [6, 6.07) is 0.0568. The lowest BCUT2D eigenvalue weighted by atomic mass is 10.2. The summed E-state index contributed by atoms with van der Waals surface area (Å²) in [5, 5.41) is 2.69. The van der Waals surface area contributed by atoms with Crippen LogP contribution in [0.1, 0.15) is 24.5 Å². The Morgan fingerprint density at radius 3 is 2.68 bits per heavy atom. The zero-order valence-corrected chi connectivity index (χ0v) is 12.5. The topological polar surface area (TPSA) is 53.5 Å². The van der Waals surface area contributed by atoms with E-state index in [1.165, 1.54) is 11.3 Å². The van der Waals surface area contributed by atoms with Crippen molar-refractivity contribution in [3.8, 4) is 0 Å². The fourth-order valence-electron chi connectivity index (χ4n) is 1.98. The highest BCUT2D eigenvalue weighted by Gasteiger charge is 2.33. The van der Waals surface area contributed by atoms with Gasteiger partial charge in [0.15, 0.2) is 0 Å². The van der Waals surface area contributed by atoms with Crippen LogP contribution in [0.25, 0.3) is 0 Å². The second-order valence-electron chi connectivity index (χ2n) is 4.69. The maximum atomic E-state index is 12.0. The average molecular weight is 302 g/mol. The van der Waals surface area contributed by atoms with Crippen LogP contribution in [-0.4, -0.2) is 45.7 Å². The van der Waals surface area contributed by atoms with Crippen molar-refractivity contribution in [2.45, 2.75) is 32.3 Å². The van der Waals surface area contributed by atoms with Crippen molar-refractivity contribution in [2.24, 2.45) is 0 Å². The number of piperazine rings is 1. The molecule has 0 bridgehead atoms. The summed E-state index contributed by atoms with van der Waals surface area (Å²) in [6.45, 7) is 5.34. The van der Waals surface area contributed by atoms with Crippen molar-refractivity contribution in [1.82, 2.24) is 14.8 Å². The van der Waals surface area contributed by atoms with E-state index in [2.05, 4.69) is 4.98 Å². The Bertz CT molecular complexity index is 489. The number of amides is 2. The fraction of sp³-hybridized carbons (Fsp3) is 0.583. The number of rotatable bonds is 4. The molecule has 0 radical (unpaired) electrons. The van der Waals surface area contributed by atoms with Crippen molar-refractivity contribution in [3.05, 3.63) is 16.1 Å². The zero-order chi connectivity index (χ0) is 14.0. The lowest BCUT2D eigenvalue weighted by molar-refractivity contribution is -0.157. The van der Waals surface area contributed by atoms with Crippen LogP contribution in [0.2, 0.25) is 0 Å². The Labute approximate surface area is 121 Å². The summed E-state index contributed by atoms with van der Waals surface area (Å²) in [7, 11) is 0. The Hall–Kier alpha value is -1.14. The van der Waals surface area contributed by atoms with Gasteiger partial charge in [-0.2, -0.15) is 0 Å². The monoisotopic (exact) mass is 301 g/mol. The van der Waals surface area contributed by atoms with Gasteiger partial charge in [0.1, 0.15) is 5.01 Å². The molecule has 1 fully saturated rings. The van der Waals surface area contributed by atoms with Gasteiger partial charge in [-0.15, -0.1) is 22.9 Å². The Morgan fingerprint density at radius 1 is 1.37 bits per heavy atom. The predicted octanol–water partition coefficient (Wildman–Crippen LogP) is 1.46. The lowest BCUT2D eigenvalue weighted by Crippen LogP contribution is -2.55. The molecule has 0 aliphatic carbocycles. The van der Waals surface area contributed by atoms with E-state index in [1.807, 2.05) is 19.2 Å². The number of halogens is 1. The number of hydrogen-bond acceptors (Lipinski definition) is 4. The number of carbonyl (C=O) groups excluding carboxylic acids is 2. The molecule has 0 N–H and O–H groups in total. The first-order valence-corrected chi connectivity index (χ1v) is 7.53. The molecule has 1 aliphatic rings. The number of aromatic nitrogens is 1. The number of nitrogens with zero attached hydrogens (tertiary/aromatic N) is 3. The summed E-state index contributed by atoms with van der Waals surface area (Å²) >= 11 is 7.16. The Balaban J connectivity index is 2.03. The van der Waals surface area contributed by atoms with Gasteiger partial charge in [0.25, 0.3) is 0 Å². The van der Waals surface area contributed by atoms with Crippen molar-refractivity contribution in [1.29, 1.82) is 0 Å². The largest absolute Gasteiger partial charge is 0.330 e. The molecule has 1 aliphatic heterocycles. The number of alkyl halides is 1. The molecule has 0 aromatic carbocycles. The van der Waals surface area contributed by atoms with Crippen LogP contribution in [0, 0.1) is 0 Å². The molecule has 2 rings (SSSR count). The maximum Gasteiger partial charge on any atom is 0.312 e. The summed E-state index contributed by atoms with van der Waals surface area (Å²) in [6.07, 6.45) is 0. The lowest BCUT2D eigenvalue weighted by Gasteiger charge is -2.35. The quantitative estimate of drug-likeness (QED) is 0.625. The molecule has 2 amide bonds. The second kappa shape index (κ2) is 5.88. The molecule has 5 nitrogen and oxygen atoms in total. The third-order valence-electron chi connectivity index (χ3n) is 3.03. The zero-order valence-electron chi connectivity index (χ0n) is 10.9. The van der Waals surface area contributed by atoms with Gasteiger partial charge in [0.2, 0.25) is 0 Å². The first kappa shape index (κ1) is 14.3. The minimum atomic E-state index is -0.442. The third kappa shape index (κ3) is 3.06. The van der Waals surface area contributed by atoms with Crippen molar-refractivity contribution >= 4 is 34.8 Å². The van der Waals surface area contributed by atoms with E-state index in [-0.39, 0.29) is 6.04 Å². The molecule has 2 heterocycles. The highest BCUT2D eigenvalue weighted by atomic mass is 35.5. The van der Waals surface area contributed by atoms with Crippen LogP contribution in [0.15, 0.2) is 5.38 Å². The van der Waals surface area contributed by atoms with Gasteiger partial charge < -0.3 is 9.80 Å². The van der Waals surface area contributed by atoms with E-state index < -0.39 is 11.8 Å². The van der Waals surface area contributed by atoms with Crippen LogP contribution in [0.3, 0.4) is 0 Å². The molecule has 104 valence electrons. The van der Waals surface area contributed by atoms with Crippen molar-refractivity contribution < 1.29 is 9.59 Å². The maximum absolute atomic E-state index is 12.0. The molecule has 0 atom stereocenters. The van der Waals surface area contributed by atoms with E-state index in [0.717, 1.165) is 10.7 Å². The van der Waals surface area contributed by atoms with Gasteiger partial charge in [0, 0.05) is 24.5 Å². The highest BCUT2D eigenvalue weighted by Crippen LogP contribution is 2.16. The van der Waals surface area contributed by atoms with E-state index in [9.17, 15) is 9.59 Å². The minimum Gasteiger partial charge on any atom is -0.330 e. The third-order valence-corrected chi connectivity index (χ3v) is 4.18. The van der Waals surface area contributed by atoms with Crippen molar-refractivity contribution in [3.63, 3.8) is 0 Å². The molecule has 1 saturated heterocycles. The van der Waals surface area contributed by atoms with E-state index >= 15 is 0 Å². The van der Waals surface area contributed by atoms with Crippen molar-refractivity contribution in [2.75, 3.05) is 13.1 Å². The molecular weight excluding hydrogens is 286 g/mol. The molecule has 1 aromatic heterocycles. The molecule has 1 aromatic rings. The summed E-state index contributed by atoms with van der Waals surface area (Å²) < 4.78 is 0. The standard InChI is InChI=1S/C12H16ClN3O2S/c1-8(2)16-4-3-15(11(17)12(16)18)6-10-14-9(5-13)7-19-10/h7-8H,3-6H2,1-2H3. The predicted molar refractivity (Wildman–Crippen MR) is 73.9 cm³/mol. The Morgan fingerprint density at radius 2 is 2.11 bits per heavy atom. The molecule has 0 saturated carbocycles. The minimum absolute atomic E-state index is 0.0568. The van der Waals surface area contributed by atoms with Crippen LogP contribution in [0.4, 0.5) is 0 Å². The summed E-state index contributed by atoms with van der Waals surface area (Å²) in [4.78, 5) is 31.4. The first-order chi connectivity index (χ1) is 9.02. The van der Waals surface area contributed by atoms with Gasteiger partial charge in [-0.3, -0.25) is 9.59 Å². The molecule has 0 unspecified atom stereocenters. The summed E-state index contributed by atoms with van der Waals surface area (Å²) in [5.41, 5.74) is 0.807. The van der Waals surface area contributed by atoms with E-state index in [4.69, 9.17) is 11.6 Å². The Kier molecular flexibility index (Phi) is 4.42. The average Bonchev–Trinajstić information content (AvgIpc) is 2.82. The second-order valence-corrected chi connectivity index (χ2v) is 5.90. The van der Waals surface area contributed by atoms with Crippen LogP contribution >= 0.6 is 22.9 Å². The van der Waals surface area contributed by atoms with Crippen LogP contribution in [0.5, 0.6) is 0 Å². The highest BCUT2D eigenvalue weighted by molar-refractivity contribution is 7.09. The van der Waals surface area contributed by atoms with Crippen LogP contribution < -0.4 is 0 Å². The van der Waals surface area contributed by atoms with Gasteiger partial charge in [-0.25, -0.2) is 4.98 Å². The fourth-order valence-corrected chi connectivity index (χ4v) is 3.02. The molecule has 0 spiro atoms. The number of thiazole rings is 1. The summed E-state index contributed by atoms with van der Waals surface area (Å²) in [5.74, 6) is -0.497. The van der Waals surface area contributed by atoms with Gasteiger partial charge in [-0.1, -0.05) is 0 Å². The number of hydrogen-bond donors (Lipinski definition) is 0. The van der Waals surface area contributed by atoms with Crippen LogP contribution in [-0.2, 0) is 22.0 Å². The van der Waals surface area contributed by atoms with Gasteiger partial charge in [0.05, 0.1) is 18.1 Å². The molecular formula is C12H16ClN3O2S. The van der Waals surface area contributed by atoms with E-state index in [1.54, 1.807) is 9.80 Å². The SMILES string of the molecule is CC(C)N1CCN(Cc2nc(CCl)cs2)C(=O)C1=O. The molecule has 7 heteroatoms. The number of carbonyl (C=O) groups is 2. The normalized spacial score (nSPS) is 16.6.